The fourth-order valence-electron chi connectivity index (χ4n) is 2.67. The molecular weight excluding hydrogens is 262 g/mol. The van der Waals surface area contributed by atoms with Crippen molar-refractivity contribution in [3.63, 3.8) is 0 Å². The van der Waals surface area contributed by atoms with Crippen molar-refractivity contribution in [2.45, 2.75) is 39.2 Å². The second-order valence-corrected chi connectivity index (χ2v) is 4.76. The molecule has 2 N–H and O–H groups in total. The largest absolute Gasteiger partial charge is 0.481 e. The third-order valence-electron chi connectivity index (χ3n) is 3.90. The maximum absolute atomic E-state index is 11.8. The van der Waals surface area contributed by atoms with Gasteiger partial charge in [-0.3, -0.25) is 9.79 Å². The Morgan fingerprint density at radius 3 is 2.25 bits per heavy atom. The average Bonchev–Trinajstić information content (AvgIpc) is 2.43. The summed E-state index contributed by atoms with van der Waals surface area (Å²) < 4.78 is 5.25. The van der Waals surface area contributed by atoms with Crippen LogP contribution in [0.15, 0.2) is 16.6 Å². The number of nitrogens with zero attached hydrogens (tertiary/aromatic N) is 1. The first kappa shape index (κ1) is 16.4. The molecule has 1 rings (SSSR count). The van der Waals surface area contributed by atoms with Crippen molar-refractivity contribution in [1.29, 1.82) is 0 Å². The zero-order chi connectivity index (χ0) is 15.4. The number of aliphatic carboxylic acids is 2. The third-order valence-corrected chi connectivity index (χ3v) is 3.90. The van der Waals surface area contributed by atoms with E-state index in [1.165, 1.54) is 12.3 Å². The van der Waals surface area contributed by atoms with Crippen LogP contribution in [0.4, 0.5) is 0 Å². The van der Waals surface area contributed by atoms with E-state index in [-0.39, 0.29) is 19.4 Å². The molecule has 1 heterocycles. The molecule has 20 heavy (non-hydrogen) atoms. The molecule has 6 nitrogen and oxygen atoms in total. The zero-order valence-electron chi connectivity index (χ0n) is 12.0. The van der Waals surface area contributed by atoms with Crippen molar-refractivity contribution < 1.29 is 24.5 Å². The second-order valence-electron chi connectivity index (χ2n) is 4.76. The molecule has 2 unspecified atom stereocenters. The van der Waals surface area contributed by atoms with Gasteiger partial charge in [-0.2, -0.15) is 0 Å². The van der Waals surface area contributed by atoms with Gasteiger partial charge in [-0.15, -0.1) is 0 Å². The average molecular weight is 283 g/mol. The van der Waals surface area contributed by atoms with Crippen LogP contribution in [0.3, 0.4) is 0 Å². The second kappa shape index (κ2) is 6.17. The minimum absolute atomic E-state index is 0.109. The minimum atomic E-state index is -1.66. The van der Waals surface area contributed by atoms with Gasteiger partial charge in [0.05, 0.1) is 6.61 Å². The van der Waals surface area contributed by atoms with Crippen LogP contribution in [-0.4, -0.2) is 47.1 Å². The summed E-state index contributed by atoms with van der Waals surface area (Å²) in [6, 6.07) is 0. The van der Waals surface area contributed by atoms with Gasteiger partial charge in [0.15, 0.2) is 5.54 Å². The number of carboxylic acid groups (broad SMARTS) is 2. The Morgan fingerprint density at radius 1 is 1.20 bits per heavy atom. The van der Waals surface area contributed by atoms with E-state index >= 15 is 0 Å². The maximum Gasteiger partial charge on any atom is 0.333 e. The standard InChI is InChI=1S/C14H21NO5/c1-4-13(11(16)17)7-10(9-20-6-3)8-15-14(13,5-2)12(18)19/h7-8H,4-6,9H2,1-3H3,(H,16,17)(H,18,19). The summed E-state index contributed by atoms with van der Waals surface area (Å²) in [5.74, 6) is -2.39. The van der Waals surface area contributed by atoms with Crippen molar-refractivity contribution in [3.8, 4) is 0 Å². The molecule has 0 spiro atoms. The van der Waals surface area contributed by atoms with Crippen LogP contribution < -0.4 is 0 Å². The number of carbonyl (C=O) groups is 2. The monoisotopic (exact) mass is 283 g/mol. The molecule has 112 valence electrons. The van der Waals surface area contributed by atoms with Crippen LogP contribution in [0, 0.1) is 5.41 Å². The predicted octanol–water partition coefficient (Wildman–Crippen LogP) is 1.75. The van der Waals surface area contributed by atoms with Crippen molar-refractivity contribution in [2.24, 2.45) is 10.4 Å². The van der Waals surface area contributed by atoms with Crippen molar-refractivity contribution >= 4 is 18.2 Å². The Hall–Kier alpha value is -1.69. The van der Waals surface area contributed by atoms with E-state index < -0.39 is 22.9 Å². The van der Waals surface area contributed by atoms with Gasteiger partial charge in [0.25, 0.3) is 0 Å². The van der Waals surface area contributed by atoms with Gasteiger partial charge in [-0.25, -0.2) is 4.79 Å². The van der Waals surface area contributed by atoms with Crippen LogP contribution in [0.2, 0.25) is 0 Å². The summed E-state index contributed by atoms with van der Waals surface area (Å²) in [6.07, 6.45) is 3.17. The van der Waals surface area contributed by atoms with Crippen LogP contribution in [0.25, 0.3) is 0 Å². The topological polar surface area (TPSA) is 96.2 Å². The molecule has 0 saturated carbocycles. The van der Waals surface area contributed by atoms with E-state index in [1.807, 2.05) is 6.92 Å². The van der Waals surface area contributed by atoms with Crippen molar-refractivity contribution in [2.75, 3.05) is 13.2 Å². The Balaban J connectivity index is 3.37. The zero-order valence-corrected chi connectivity index (χ0v) is 12.0. The van der Waals surface area contributed by atoms with Crippen molar-refractivity contribution in [3.05, 3.63) is 11.6 Å². The smallest absolute Gasteiger partial charge is 0.333 e. The van der Waals surface area contributed by atoms with Crippen LogP contribution in [0.1, 0.15) is 33.6 Å². The number of hydrogen-bond acceptors (Lipinski definition) is 4. The van der Waals surface area contributed by atoms with Crippen LogP contribution >= 0.6 is 0 Å². The molecule has 0 saturated heterocycles. The minimum Gasteiger partial charge on any atom is -0.481 e. The first-order chi connectivity index (χ1) is 9.40. The van der Waals surface area contributed by atoms with E-state index in [2.05, 4.69) is 4.99 Å². The van der Waals surface area contributed by atoms with Crippen molar-refractivity contribution in [1.82, 2.24) is 0 Å². The molecule has 0 fully saturated rings. The van der Waals surface area contributed by atoms with E-state index in [4.69, 9.17) is 4.74 Å². The SMILES string of the molecule is CCOCC1=CC(CC)(C(=O)O)C(CC)(C(=O)O)N=C1. The highest BCUT2D eigenvalue weighted by molar-refractivity contribution is 5.97. The lowest BCUT2D eigenvalue weighted by Crippen LogP contribution is -2.57. The van der Waals surface area contributed by atoms with Gasteiger partial charge in [0, 0.05) is 12.8 Å². The predicted molar refractivity (Wildman–Crippen MR) is 74.1 cm³/mol. The first-order valence-electron chi connectivity index (χ1n) is 6.71. The summed E-state index contributed by atoms with van der Waals surface area (Å²) in [4.78, 5) is 27.6. The molecule has 1 aliphatic heterocycles. The van der Waals surface area contributed by atoms with Gasteiger partial charge >= 0.3 is 11.9 Å². The fourth-order valence-corrected chi connectivity index (χ4v) is 2.67. The molecule has 0 radical (unpaired) electrons. The summed E-state index contributed by atoms with van der Waals surface area (Å²) in [6.45, 7) is 5.86. The van der Waals surface area contributed by atoms with Gasteiger partial charge < -0.3 is 14.9 Å². The number of ether oxygens (including phenoxy) is 1. The molecule has 0 bridgehead atoms. The Morgan fingerprint density at radius 2 is 1.85 bits per heavy atom. The van der Waals surface area contributed by atoms with Crippen LogP contribution in [0.5, 0.6) is 0 Å². The van der Waals surface area contributed by atoms with Gasteiger partial charge in [-0.1, -0.05) is 19.9 Å². The molecule has 0 aromatic carbocycles. The number of hydrogen-bond donors (Lipinski definition) is 2. The van der Waals surface area contributed by atoms with E-state index in [1.54, 1.807) is 13.8 Å². The Kier molecular flexibility index (Phi) is 5.05. The maximum atomic E-state index is 11.8. The lowest BCUT2D eigenvalue weighted by atomic mass is 9.64. The lowest BCUT2D eigenvalue weighted by Gasteiger charge is -2.41. The first-order valence-corrected chi connectivity index (χ1v) is 6.71. The van der Waals surface area contributed by atoms with Gasteiger partial charge in [0.2, 0.25) is 0 Å². The molecule has 2 atom stereocenters. The highest BCUT2D eigenvalue weighted by atomic mass is 16.5. The van der Waals surface area contributed by atoms with Gasteiger partial charge in [-0.05, 0) is 25.3 Å². The van der Waals surface area contributed by atoms with E-state index in [0.29, 0.717) is 12.2 Å². The highest BCUT2D eigenvalue weighted by Crippen LogP contribution is 2.45. The summed E-state index contributed by atoms with van der Waals surface area (Å²) in [5.41, 5.74) is -2.61. The molecule has 6 heteroatoms. The summed E-state index contributed by atoms with van der Waals surface area (Å²) in [7, 11) is 0. The molecule has 0 amide bonds. The number of carboxylic acids is 2. The van der Waals surface area contributed by atoms with E-state index in [9.17, 15) is 19.8 Å². The summed E-state index contributed by atoms with van der Waals surface area (Å²) in [5, 5.41) is 19.2. The summed E-state index contributed by atoms with van der Waals surface area (Å²) >= 11 is 0. The number of aliphatic imine (C=N–C) groups is 1. The van der Waals surface area contributed by atoms with Gasteiger partial charge in [0.1, 0.15) is 5.41 Å². The van der Waals surface area contributed by atoms with Crippen LogP contribution in [-0.2, 0) is 14.3 Å². The Labute approximate surface area is 118 Å². The molecule has 0 aromatic rings. The fraction of sp³-hybridized carbons (Fsp3) is 0.643. The Bertz CT molecular complexity index is 456. The lowest BCUT2D eigenvalue weighted by molar-refractivity contribution is -0.161. The molecule has 1 aliphatic rings. The molecule has 0 aromatic heterocycles. The number of dihydropyridines is 1. The van der Waals surface area contributed by atoms with E-state index in [0.717, 1.165) is 0 Å². The molecule has 0 aliphatic carbocycles. The third kappa shape index (κ3) is 2.35. The number of rotatable bonds is 7. The highest BCUT2D eigenvalue weighted by Gasteiger charge is 2.60. The molecular formula is C14H21NO5. The normalized spacial score (nSPS) is 29.1. The quantitative estimate of drug-likeness (QED) is 0.742.